The molecule has 9 nitrogen and oxygen atoms in total. The Hall–Kier alpha value is -3.72. The number of carbonyl (C=O) groups excluding carboxylic acids is 1. The maximum absolute atomic E-state index is 12.6. The van der Waals surface area contributed by atoms with Crippen molar-refractivity contribution in [2.75, 3.05) is 23.3 Å². The summed E-state index contributed by atoms with van der Waals surface area (Å²) in [6, 6.07) is 13.1. The minimum atomic E-state index is -0.320. The summed E-state index contributed by atoms with van der Waals surface area (Å²) in [5.41, 5.74) is 3.02. The third-order valence-corrected chi connectivity index (χ3v) is 5.25. The Kier molecular flexibility index (Phi) is 4.44. The van der Waals surface area contributed by atoms with Gasteiger partial charge < -0.3 is 20.3 Å². The van der Waals surface area contributed by atoms with Crippen LogP contribution in [0.3, 0.4) is 0 Å². The maximum atomic E-state index is 12.6. The SMILES string of the molecule is Cn1nc(NC(=O)c2ccc(N3CC[C@@H](O)C3)nc2)cc1-c1nc2ccccc2[nH]1. The Balaban J connectivity index is 1.32. The number of amides is 1. The largest absolute Gasteiger partial charge is 0.391 e. The minimum Gasteiger partial charge on any atom is -0.391 e. The highest BCUT2D eigenvalue weighted by molar-refractivity contribution is 6.03. The molecule has 0 bridgehead atoms. The van der Waals surface area contributed by atoms with Crippen LogP contribution in [0.5, 0.6) is 0 Å². The number of aromatic nitrogens is 5. The van der Waals surface area contributed by atoms with Gasteiger partial charge in [0.1, 0.15) is 11.5 Å². The van der Waals surface area contributed by atoms with Gasteiger partial charge in [0, 0.05) is 32.4 Å². The predicted molar refractivity (Wildman–Crippen MR) is 113 cm³/mol. The van der Waals surface area contributed by atoms with Gasteiger partial charge in [-0.1, -0.05) is 12.1 Å². The highest BCUT2D eigenvalue weighted by Gasteiger charge is 2.21. The van der Waals surface area contributed by atoms with E-state index in [2.05, 4.69) is 25.4 Å². The molecule has 0 spiro atoms. The van der Waals surface area contributed by atoms with E-state index in [1.54, 1.807) is 36.1 Å². The van der Waals surface area contributed by atoms with E-state index in [9.17, 15) is 9.90 Å². The number of fused-ring (bicyclic) bond motifs is 1. The van der Waals surface area contributed by atoms with Crippen molar-refractivity contribution >= 4 is 28.6 Å². The van der Waals surface area contributed by atoms with E-state index >= 15 is 0 Å². The third-order valence-electron chi connectivity index (χ3n) is 5.25. The van der Waals surface area contributed by atoms with Crippen molar-refractivity contribution in [3.63, 3.8) is 0 Å². The highest BCUT2D eigenvalue weighted by Crippen LogP contribution is 2.23. The summed E-state index contributed by atoms with van der Waals surface area (Å²) >= 11 is 0. The molecule has 9 heteroatoms. The molecule has 1 saturated heterocycles. The van der Waals surface area contributed by atoms with Gasteiger partial charge in [-0.05, 0) is 30.7 Å². The number of hydrogen-bond acceptors (Lipinski definition) is 6. The van der Waals surface area contributed by atoms with Crippen LogP contribution in [0, 0.1) is 0 Å². The van der Waals surface area contributed by atoms with Crippen LogP contribution in [0.1, 0.15) is 16.8 Å². The Morgan fingerprint density at radius 3 is 2.87 bits per heavy atom. The first-order chi connectivity index (χ1) is 14.6. The Morgan fingerprint density at radius 2 is 2.13 bits per heavy atom. The molecule has 0 unspecified atom stereocenters. The van der Waals surface area contributed by atoms with Gasteiger partial charge in [0.05, 0.1) is 22.7 Å². The monoisotopic (exact) mass is 403 g/mol. The van der Waals surface area contributed by atoms with E-state index in [4.69, 9.17) is 0 Å². The minimum absolute atomic E-state index is 0.287. The molecule has 4 aromatic rings. The number of carbonyl (C=O) groups is 1. The van der Waals surface area contributed by atoms with Crippen LogP contribution in [0.2, 0.25) is 0 Å². The Bertz CT molecular complexity index is 1180. The van der Waals surface area contributed by atoms with E-state index in [0.29, 0.717) is 23.8 Å². The predicted octanol–water partition coefficient (Wildman–Crippen LogP) is 2.18. The normalized spacial score (nSPS) is 16.3. The number of imidazole rings is 1. The van der Waals surface area contributed by atoms with E-state index in [1.165, 1.54) is 0 Å². The van der Waals surface area contributed by atoms with Crippen LogP contribution in [0.4, 0.5) is 11.6 Å². The topological polar surface area (TPSA) is 112 Å². The van der Waals surface area contributed by atoms with Crippen LogP contribution in [0.15, 0.2) is 48.7 Å². The van der Waals surface area contributed by atoms with Gasteiger partial charge in [0.2, 0.25) is 0 Å². The van der Waals surface area contributed by atoms with Crippen molar-refractivity contribution in [1.82, 2.24) is 24.7 Å². The number of β-amino-alcohol motifs (C(OH)–C–C–N with tert-alkyl or cyclic N) is 1. The smallest absolute Gasteiger partial charge is 0.258 e. The zero-order chi connectivity index (χ0) is 20.7. The van der Waals surface area contributed by atoms with Crippen molar-refractivity contribution in [1.29, 1.82) is 0 Å². The number of aliphatic hydroxyl groups excluding tert-OH is 1. The molecule has 30 heavy (non-hydrogen) atoms. The van der Waals surface area contributed by atoms with Crippen molar-refractivity contribution < 1.29 is 9.90 Å². The van der Waals surface area contributed by atoms with Gasteiger partial charge >= 0.3 is 0 Å². The molecule has 1 aliphatic rings. The van der Waals surface area contributed by atoms with Crippen LogP contribution in [-0.4, -0.2) is 54.9 Å². The number of nitrogens with one attached hydrogen (secondary N) is 2. The second kappa shape index (κ2) is 7.27. The average molecular weight is 403 g/mol. The fourth-order valence-electron chi connectivity index (χ4n) is 3.67. The Morgan fingerprint density at radius 1 is 1.27 bits per heavy atom. The molecule has 1 fully saturated rings. The fraction of sp³-hybridized carbons (Fsp3) is 0.238. The zero-order valence-corrected chi connectivity index (χ0v) is 16.4. The first-order valence-electron chi connectivity index (χ1n) is 9.76. The van der Waals surface area contributed by atoms with Gasteiger partial charge in [-0.15, -0.1) is 0 Å². The molecule has 3 N–H and O–H groups in total. The van der Waals surface area contributed by atoms with Crippen LogP contribution in [0.25, 0.3) is 22.6 Å². The number of pyridine rings is 1. The summed E-state index contributed by atoms with van der Waals surface area (Å²) in [5.74, 6) is 1.59. The molecule has 1 atom stereocenters. The summed E-state index contributed by atoms with van der Waals surface area (Å²) in [6.07, 6.45) is 1.95. The first kappa shape index (κ1) is 18.3. The summed E-state index contributed by atoms with van der Waals surface area (Å²) in [5, 5.41) is 16.9. The molecule has 4 heterocycles. The molecule has 1 aliphatic heterocycles. The van der Waals surface area contributed by atoms with E-state index < -0.39 is 0 Å². The van der Waals surface area contributed by atoms with Crippen LogP contribution in [-0.2, 0) is 7.05 Å². The standard InChI is InChI=1S/C21H21N7O2/c1-27-17(20-23-15-4-2-3-5-16(15)24-20)10-18(26-27)25-21(30)13-6-7-19(22-11-13)28-9-8-14(29)12-28/h2-7,10-11,14,29H,8-9,12H2,1H3,(H,23,24)(H,25,26,30)/t14-/m1/s1. The van der Waals surface area contributed by atoms with Gasteiger partial charge in [-0.3, -0.25) is 9.48 Å². The lowest BCUT2D eigenvalue weighted by Gasteiger charge is -2.16. The lowest BCUT2D eigenvalue weighted by Crippen LogP contribution is -2.22. The summed E-state index contributed by atoms with van der Waals surface area (Å²) < 4.78 is 1.67. The van der Waals surface area contributed by atoms with Crippen LogP contribution < -0.4 is 10.2 Å². The molecule has 152 valence electrons. The maximum Gasteiger partial charge on any atom is 0.258 e. The van der Waals surface area contributed by atoms with Gasteiger partial charge in [0.15, 0.2) is 11.6 Å². The molecule has 0 radical (unpaired) electrons. The molecule has 0 aliphatic carbocycles. The number of H-pyrrole nitrogens is 1. The zero-order valence-electron chi connectivity index (χ0n) is 16.4. The van der Waals surface area contributed by atoms with Crippen LogP contribution >= 0.6 is 0 Å². The number of hydrogen-bond donors (Lipinski definition) is 3. The molecule has 0 saturated carbocycles. The molecular weight excluding hydrogens is 382 g/mol. The summed E-state index contributed by atoms with van der Waals surface area (Å²) in [4.78, 5) is 26.8. The fourth-order valence-corrected chi connectivity index (χ4v) is 3.67. The average Bonchev–Trinajstić information content (AvgIpc) is 3.46. The lowest BCUT2D eigenvalue weighted by molar-refractivity contribution is 0.102. The van der Waals surface area contributed by atoms with Gasteiger partial charge in [0.25, 0.3) is 5.91 Å². The van der Waals surface area contributed by atoms with E-state index in [1.807, 2.05) is 29.2 Å². The Labute approximate surface area is 172 Å². The quantitative estimate of drug-likeness (QED) is 0.482. The molecular formula is C21H21N7O2. The number of para-hydroxylation sites is 2. The number of aliphatic hydroxyl groups is 1. The number of aromatic amines is 1. The van der Waals surface area contributed by atoms with E-state index in [-0.39, 0.29) is 12.0 Å². The number of aryl methyl sites for hydroxylation is 1. The highest BCUT2D eigenvalue weighted by atomic mass is 16.3. The third kappa shape index (κ3) is 3.39. The number of nitrogens with zero attached hydrogens (tertiary/aromatic N) is 5. The van der Waals surface area contributed by atoms with Crippen molar-refractivity contribution in [2.24, 2.45) is 7.05 Å². The summed E-state index contributed by atoms with van der Waals surface area (Å²) in [6.45, 7) is 1.33. The number of anilines is 2. The molecule has 1 amide bonds. The molecule has 3 aromatic heterocycles. The van der Waals surface area contributed by atoms with Gasteiger partial charge in [-0.2, -0.15) is 5.10 Å². The van der Waals surface area contributed by atoms with Crippen molar-refractivity contribution in [3.8, 4) is 11.5 Å². The second-order valence-corrected chi connectivity index (χ2v) is 7.39. The number of rotatable bonds is 4. The second-order valence-electron chi connectivity index (χ2n) is 7.39. The summed E-state index contributed by atoms with van der Waals surface area (Å²) in [7, 11) is 1.80. The van der Waals surface area contributed by atoms with Crippen molar-refractivity contribution in [3.05, 3.63) is 54.2 Å². The van der Waals surface area contributed by atoms with E-state index in [0.717, 1.165) is 35.5 Å². The molecule has 5 rings (SSSR count). The van der Waals surface area contributed by atoms with Crippen molar-refractivity contribution in [2.45, 2.75) is 12.5 Å². The first-order valence-corrected chi connectivity index (χ1v) is 9.76. The van der Waals surface area contributed by atoms with Gasteiger partial charge in [-0.25, -0.2) is 9.97 Å². The molecule has 1 aromatic carbocycles. The number of benzene rings is 1. The lowest BCUT2D eigenvalue weighted by atomic mass is 10.2.